The molecule has 2 bridgehead atoms. The van der Waals surface area contributed by atoms with Gasteiger partial charge in [-0.3, -0.25) is 14.3 Å². The molecular weight excluding hydrogens is 706 g/mol. The number of benzene rings is 2. The van der Waals surface area contributed by atoms with Gasteiger partial charge in [0.05, 0.1) is 42.2 Å². The molecule has 4 heterocycles. The number of carbonyl (C=O) groups excluding carboxylic acids is 2. The highest BCUT2D eigenvalue weighted by molar-refractivity contribution is 7.92. The van der Waals surface area contributed by atoms with Gasteiger partial charge in [0.1, 0.15) is 15.7 Å². The normalized spacial score (nSPS) is 27.6. The number of nitrogens with one attached hydrogen (secondary N) is 1. The van der Waals surface area contributed by atoms with Crippen molar-refractivity contribution in [1.29, 1.82) is 0 Å². The molecule has 1 aromatic heterocycles. The summed E-state index contributed by atoms with van der Waals surface area (Å²) >= 11 is 7.85. The van der Waals surface area contributed by atoms with E-state index in [1.165, 1.54) is 22.5 Å². The van der Waals surface area contributed by atoms with Gasteiger partial charge in [-0.05, 0) is 109 Å². The third kappa shape index (κ3) is 8.38. The number of methoxy groups -OCH3 is 1. The van der Waals surface area contributed by atoms with Crippen molar-refractivity contribution in [2.45, 2.75) is 71.1 Å². The summed E-state index contributed by atoms with van der Waals surface area (Å²) in [5.74, 6) is 0.132. The molecule has 12 heteroatoms. The van der Waals surface area contributed by atoms with Gasteiger partial charge < -0.3 is 19.1 Å². The van der Waals surface area contributed by atoms with E-state index in [-0.39, 0.29) is 17.8 Å². The number of carbonyl (C=O) groups is 2. The van der Waals surface area contributed by atoms with Gasteiger partial charge in [-0.15, -0.1) is 15.7 Å². The van der Waals surface area contributed by atoms with Crippen molar-refractivity contribution < 1.29 is 28.0 Å². The van der Waals surface area contributed by atoms with Crippen molar-refractivity contribution in [3.05, 3.63) is 91.6 Å². The molecule has 2 aromatic carbocycles. The Balaban J connectivity index is 1.30. The van der Waals surface area contributed by atoms with Crippen molar-refractivity contribution in [2.75, 3.05) is 37.5 Å². The first-order valence-corrected chi connectivity index (χ1v) is 20.8. The predicted molar refractivity (Wildman–Crippen MR) is 202 cm³/mol. The summed E-state index contributed by atoms with van der Waals surface area (Å²) in [6, 6.07) is 13.2. The van der Waals surface area contributed by atoms with Crippen molar-refractivity contribution in [1.82, 2.24) is 4.72 Å². The summed E-state index contributed by atoms with van der Waals surface area (Å²) in [5, 5.41) is 0.717. The molecule has 9 nitrogen and oxygen atoms in total. The molecule has 1 unspecified atom stereocenters. The molecule has 4 aliphatic rings. The molecule has 51 heavy (non-hydrogen) atoms. The number of hydrogen-bond acceptors (Lipinski definition) is 8. The number of hydrogen-bond donors (Lipinski definition) is 1. The zero-order valence-corrected chi connectivity index (χ0v) is 31.6. The Morgan fingerprint density at radius 2 is 1.96 bits per heavy atom. The molecule has 7 rings (SSSR count). The van der Waals surface area contributed by atoms with E-state index < -0.39 is 21.7 Å². The van der Waals surface area contributed by atoms with Crippen molar-refractivity contribution >= 4 is 50.4 Å². The lowest BCUT2D eigenvalue weighted by Gasteiger charge is -2.43. The van der Waals surface area contributed by atoms with Crippen LogP contribution < -0.4 is 14.4 Å². The van der Waals surface area contributed by atoms with Crippen LogP contribution >= 0.6 is 22.9 Å². The third-order valence-corrected chi connectivity index (χ3v) is 14.0. The Kier molecular flexibility index (Phi) is 11.2. The van der Waals surface area contributed by atoms with Crippen LogP contribution in [0, 0.1) is 17.8 Å². The predicted octanol–water partition coefficient (Wildman–Crippen LogP) is 7.79. The minimum Gasteiger partial charge on any atom is -0.491 e. The van der Waals surface area contributed by atoms with Gasteiger partial charge in [-0.1, -0.05) is 36.7 Å². The highest BCUT2D eigenvalue weighted by Crippen LogP contribution is 2.42. The molecule has 2 amide bonds. The molecule has 1 aliphatic carbocycles. The molecule has 0 saturated heterocycles. The minimum absolute atomic E-state index is 0.0201. The number of anilines is 1. The van der Waals surface area contributed by atoms with Crippen LogP contribution in [0.2, 0.25) is 5.02 Å². The monoisotopic (exact) mass is 751 g/mol. The quantitative estimate of drug-likeness (QED) is 0.273. The minimum atomic E-state index is -3.52. The highest BCUT2D eigenvalue weighted by Gasteiger charge is 2.38. The Labute approximate surface area is 310 Å². The standard InChI is InChI=1S/C39H46ClN3O6S2/c1-25-6-5-8-34(47-2)32-13-10-29(32)22-43-21-28-9-12-31(40)18-26(28)7-3-4-16-49-35-14-11-27(19-33(35)43)38(44)41-51(46,24-25)42-39(45)37-20-30-23-48-17-15-36(30)50-37/h5,8-9,11-12,14,18-20,25,29,32,34H,3-4,6-7,10,13,15-17,21-24H2,1-2H3,(H,41,42,44,45,46)/b8-5+/t25-,29-,32+,34-,51?/m0/s1. The number of rotatable bonds is 3. The summed E-state index contributed by atoms with van der Waals surface area (Å²) in [6.45, 7) is 4.90. The van der Waals surface area contributed by atoms with Gasteiger partial charge >= 0.3 is 0 Å². The summed E-state index contributed by atoms with van der Waals surface area (Å²) in [7, 11) is -1.76. The maximum absolute atomic E-state index is 14.6. The summed E-state index contributed by atoms with van der Waals surface area (Å²) in [6.07, 6.45) is 10.3. The molecule has 3 aliphatic heterocycles. The van der Waals surface area contributed by atoms with Crippen molar-refractivity contribution in [3.8, 4) is 5.75 Å². The maximum atomic E-state index is 14.6. The number of amides is 2. The van der Waals surface area contributed by atoms with Crippen molar-refractivity contribution in [2.24, 2.45) is 22.1 Å². The molecule has 272 valence electrons. The van der Waals surface area contributed by atoms with Gasteiger partial charge in [-0.25, -0.2) is 4.21 Å². The molecule has 3 aromatic rings. The second-order valence-electron chi connectivity index (χ2n) is 14.2. The van der Waals surface area contributed by atoms with Gasteiger partial charge in [-0.2, -0.15) is 0 Å². The number of fused-ring (bicyclic) bond motifs is 4. The molecule has 0 spiro atoms. The Bertz CT molecular complexity index is 1910. The zero-order chi connectivity index (χ0) is 35.5. The van der Waals surface area contributed by atoms with E-state index in [1.807, 2.05) is 25.1 Å². The van der Waals surface area contributed by atoms with E-state index in [0.29, 0.717) is 65.8 Å². The number of thiophene rings is 1. The van der Waals surface area contributed by atoms with E-state index in [4.69, 9.17) is 25.8 Å². The fourth-order valence-corrected chi connectivity index (χ4v) is 10.8. The molecule has 0 radical (unpaired) electrons. The van der Waals surface area contributed by atoms with Crippen LogP contribution in [0.25, 0.3) is 0 Å². The first kappa shape index (κ1) is 36.2. The smallest absolute Gasteiger partial charge is 0.286 e. The SMILES string of the molecule is CO[C@H]1/C=C/C[C@H](C)CS(=O)(NC(=O)c2cc3c(s2)CCOC3)=NC(=O)c2ccc3c(c2)N(Cc2ccc(Cl)cc2CCCCO3)C[C@@H]2CC[C@H]21. The van der Waals surface area contributed by atoms with Crippen LogP contribution in [0.1, 0.15) is 80.6 Å². The zero-order valence-electron chi connectivity index (χ0n) is 29.2. The van der Waals surface area contributed by atoms with Gasteiger partial charge in [0, 0.05) is 42.1 Å². The fraction of sp³-hybridized carbons (Fsp3) is 0.487. The van der Waals surface area contributed by atoms with E-state index in [1.54, 1.807) is 19.2 Å². The highest BCUT2D eigenvalue weighted by atomic mass is 35.5. The summed E-state index contributed by atoms with van der Waals surface area (Å²) < 4.78 is 39.7. The van der Waals surface area contributed by atoms with Crippen molar-refractivity contribution in [3.63, 3.8) is 0 Å². The number of halogens is 1. The molecule has 5 atom stereocenters. The van der Waals surface area contributed by atoms with E-state index in [9.17, 15) is 13.8 Å². The second kappa shape index (κ2) is 15.8. The molecule has 1 fully saturated rings. The molecule has 1 N–H and O–H groups in total. The van der Waals surface area contributed by atoms with Gasteiger partial charge in [0.25, 0.3) is 11.8 Å². The van der Waals surface area contributed by atoms with Crippen LogP contribution in [0.15, 0.2) is 59.0 Å². The van der Waals surface area contributed by atoms with E-state index >= 15 is 0 Å². The lowest BCUT2D eigenvalue weighted by atomic mass is 9.70. The van der Waals surface area contributed by atoms with E-state index in [0.717, 1.165) is 61.2 Å². The number of ether oxygens (including phenoxy) is 3. The van der Waals surface area contributed by atoms with E-state index in [2.05, 4.69) is 38.3 Å². The maximum Gasteiger partial charge on any atom is 0.286 e. The largest absolute Gasteiger partial charge is 0.491 e. The second-order valence-corrected chi connectivity index (χ2v) is 17.8. The van der Waals surface area contributed by atoms with Crippen LogP contribution in [0.3, 0.4) is 0 Å². The lowest BCUT2D eigenvalue weighted by molar-refractivity contribution is 0.0133. The first-order chi connectivity index (χ1) is 24.7. The number of aryl methyl sites for hydroxylation is 1. The molecular formula is C39H46ClN3O6S2. The summed E-state index contributed by atoms with van der Waals surface area (Å²) in [5.41, 5.74) is 4.45. The Morgan fingerprint density at radius 1 is 1.08 bits per heavy atom. The topological polar surface area (TPSA) is 107 Å². The number of allylic oxidation sites excluding steroid dienone is 1. The average Bonchev–Trinajstić information content (AvgIpc) is 3.53. The number of nitrogens with zero attached hydrogens (tertiary/aromatic N) is 2. The van der Waals surface area contributed by atoms with Crippen LogP contribution in [0.5, 0.6) is 5.75 Å². The first-order valence-electron chi connectivity index (χ1n) is 18.0. The van der Waals surface area contributed by atoms with Crippen LogP contribution in [-0.2, 0) is 45.4 Å². The van der Waals surface area contributed by atoms with Gasteiger partial charge in [0.2, 0.25) is 0 Å². The van der Waals surface area contributed by atoms with Crippen LogP contribution in [0.4, 0.5) is 5.69 Å². The summed E-state index contributed by atoms with van der Waals surface area (Å²) in [4.78, 5) is 31.5. The lowest BCUT2D eigenvalue weighted by Crippen LogP contribution is -2.43. The van der Waals surface area contributed by atoms with Gasteiger partial charge in [0.15, 0.2) is 0 Å². The Morgan fingerprint density at radius 3 is 2.76 bits per heavy atom. The average molecular weight is 752 g/mol. The Hall–Kier alpha value is -3.22. The fourth-order valence-electron chi connectivity index (χ4n) is 7.63. The third-order valence-electron chi connectivity index (χ3n) is 10.5. The van der Waals surface area contributed by atoms with Crippen LogP contribution in [-0.4, -0.2) is 54.7 Å². The molecule has 1 saturated carbocycles.